The van der Waals surface area contributed by atoms with Crippen molar-refractivity contribution >= 4 is 5.78 Å². The average molecular weight is 329 g/mol. The van der Waals surface area contributed by atoms with Crippen LogP contribution in [0.1, 0.15) is 42.3 Å². The standard InChI is InChI=1S/C18H19NO5/c1-9(20)17-16(11-4-5-13-14(6-11)23-8-22-13)15-10(2)24-19-12(15)7-18(17,3)21/h4-6,16-17,21H,7-8H2,1-3H3/t16-,17-,18+/m1/s1. The van der Waals surface area contributed by atoms with E-state index >= 15 is 0 Å². The summed E-state index contributed by atoms with van der Waals surface area (Å²) in [5.74, 6) is 1.03. The number of ether oxygens (including phenoxy) is 2. The summed E-state index contributed by atoms with van der Waals surface area (Å²) in [6.45, 7) is 5.23. The lowest BCUT2D eigenvalue weighted by Gasteiger charge is -2.40. The van der Waals surface area contributed by atoms with Crippen molar-refractivity contribution in [1.82, 2.24) is 5.16 Å². The number of nitrogens with zero attached hydrogens (tertiary/aromatic N) is 1. The number of Topliss-reactive ketones (excluding diaryl/α,β-unsaturated/α-hetero) is 1. The fourth-order valence-electron chi connectivity index (χ4n) is 4.06. The molecule has 1 aliphatic carbocycles. The zero-order valence-corrected chi connectivity index (χ0v) is 13.8. The highest BCUT2D eigenvalue weighted by atomic mass is 16.7. The number of aromatic nitrogens is 1. The lowest BCUT2D eigenvalue weighted by Crippen LogP contribution is -2.48. The quantitative estimate of drug-likeness (QED) is 0.911. The van der Waals surface area contributed by atoms with E-state index in [1.165, 1.54) is 6.92 Å². The first-order valence-electron chi connectivity index (χ1n) is 7.96. The largest absolute Gasteiger partial charge is 0.454 e. The van der Waals surface area contributed by atoms with Gasteiger partial charge in [0.15, 0.2) is 11.5 Å². The molecule has 0 bridgehead atoms. The summed E-state index contributed by atoms with van der Waals surface area (Å²) in [5, 5.41) is 15.0. The highest BCUT2D eigenvalue weighted by Gasteiger charge is 2.49. The van der Waals surface area contributed by atoms with E-state index in [-0.39, 0.29) is 18.5 Å². The lowest BCUT2D eigenvalue weighted by molar-refractivity contribution is -0.130. The summed E-state index contributed by atoms with van der Waals surface area (Å²) in [5.41, 5.74) is 1.29. The predicted octanol–water partition coefficient (Wildman–Crippen LogP) is 2.36. The van der Waals surface area contributed by atoms with Gasteiger partial charge >= 0.3 is 0 Å². The van der Waals surface area contributed by atoms with Gasteiger partial charge in [-0.05, 0) is 38.5 Å². The minimum atomic E-state index is -1.19. The number of carbonyl (C=O) groups is 1. The van der Waals surface area contributed by atoms with Crippen LogP contribution >= 0.6 is 0 Å². The minimum Gasteiger partial charge on any atom is -0.454 e. The molecule has 4 rings (SSSR count). The monoisotopic (exact) mass is 329 g/mol. The van der Waals surface area contributed by atoms with E-state index in [1.54, 1.807) is 6.92 Å². The molecule has 6 heteroatoms. The van der Waals surface area contributed by atoms with Crippen LogP contribution in [0, 0.1) is 12.8 Å². The van der Waals surface area contributed by atoms with Crippen molar-refractivity contribution in [1.29, 1.82) is 0 Å². The molecule has 0 saturated carbocycles. The van der Waals surface area contributed by atoms with Crippen LogP contribution in [0.15, 0.2) is 22.7 Å². The number of carbonyl (C=O) groups excluding carboxylic acids is 1. The van der Waals surface area contributed by atoms with E-state index < -0.39 is 11.5 Å². The normalized spacial score (nSPS) is 27.8. The first-order chi connectivity index (χ1) is 11.4. The van der Waals surface area contributed by atoms with Gasteiger partial charge in [-0.15, -0.1) is 0 Å². The number of aryl methyl sites for hydroxylation is 1. The van der Waals surface area contributed by atoms with Crippen LogP contribution in [-0.4, -0.2) is 28.4 Å². The van der Waals surface area contributed by atoms with Crippen LogP contribution in [-0.2, 0) is 11.2 Å². The third kappa shape index (κ3) is 2.13. The van der Waals surface area contributed by atoms with Gasteiger partial charge in [-0.2, -0.15) is 0 Å². The molecule has 2 aliphatic rings. The maximum absolute atomic E-state index is 12.4. The molecular formula is C18H19NO5. The molecule has 3 atom stereocenters. The maximum atomic E-state index is 12.4. The summed E-state index contributed by atoms with van der Waals surface area (Å²) in [6.07, 6.45) is 0.297. The van der Waals surface area contributed by atoms with E-state index in [2.05, 4.69) is 5.16 Å². The van der Waals surface area contributed by atoms with E-state index in [1.807, 2.05) is 25.1 Å². The highest BCUT2D eigenvalue weighted by molar-refractivity contribution is 5.82. The summed E-state index contributed by atoms with van der Waals surface area (Å²) in [4.78, 5) is 12.4. The van der Waals surface area contributed by atoms with Crippen molar-refractivity contribution in [2.24, 2.45) is 5.92 Å². The second-order valence-electron chi connectivity index (χ2n) is 6.81. The molecule has 0 saturated heterocycles. The van der Waals surface area contributed by atoms with E-state index in [4.69, 9.17) is 14.0 Å². The Labute approximate surface area is 139 Å². The van der Waals surface area contributed by atoms with Gasteiger partial charge in [0.2, 0.25) is 6.79 Å². The first kappa shape index (κ1) is 15.2. The maximum Gasteiger partial charge on any atom is 0.231 e. The molecule has 1 aliphatic heterocycles. The Morgan fingerprint density at radius 1 is 1.33 bits per heavy atom. The Kier molecular flexibility index (Phi) is 3.22. The van der Waals surface area contributed by atoms with Gasteiger partial charge in [0.1, 0.15) is 11.5 Å². The smallest absolute Gasteiger partial charge is 0.231 e. The number of aliphatic hydroxyl groups is 1. The van der Waals surface area contributed by atoms with Gasteiger partial charge < -0.3 is 19.1 Å². The highest BCUT2D eigenvalue weighted by Crippen LogP contribution is 2.48. The molecule has 1 N–H and O–H groups in total. The van der Waals surface area contributed by atoms with Crippen molar-refractivity contribution in [3.63, 3.8) is 0 Å². The molecule has 0 amide bonds. The van der Waals surface area contributed by atoms with Crippen molar-refractivity contribution in [2.75, 3.05) is 6.79 Å². The predicted molar refractivity (Wildman–Crippen MR) is 84.1 cm³/mol. The zero-order valence-electron chi connectivity index (χ0n) is 13.8. The van der Waals surface area contributed by atoms with E-state index in [9.17, 15) is 9.90 Å². The topological polar surface area (TPSA) is 81.8 Å². The molecule has 2 aromatic rings. The van der Waals surface area contributed by atoms with Gasteiger partial charge in [-0.25, -0.2) is 0 Å². The fourth-order valence-corrected chi connectivity index (χ4v) is 4.06. The first-order valence-corrected chi connectivity index (χ1v) is 7.96. The summed E-state index contributed by atoms with van der Waals surface area (Å²) in [7, 11) is 0. The second-order valence-corrected chi connectivity index (χ2v) is 6.81. The molecule has 6 nitrogen and oxygen atoms in total. The van der Waals surface area contributed by atoms with Crippen molar-refractivity contribution < 1.29 is 23.9 Å². The van der Waals surface area contributed by atoms with Gasteiger partial charge in [0.05, 0.1) is 17.2 Å². The number of ketones is 1. The molecule has 0 radical (unpaired) electrons. The SMILES string of the molecule is CC(=O)[C@@H]1[C@H](c2ccc3c(c2)OCO3)c2c(noc2C)C[C@]1(C)O. The number of hydrogen-bond acceptors (Lipinski definition) is 6. The van der Waals surface area contributed by atoms with Crippen LogP contribution in [0.3, 0.4) is 0 Å². The Hall–Kier alpha value is -2.34. The molecule has 1 aromatic heterocycles. The van der Waals surface area contributed by atoms with Gasteiger partial charge in [0, 0.05) is 17.9 Å². The molecule has 0 spiro atoms. The average Bonchev–Trinajstić information content (AvgIpc) is 3.10. The zero-order chi connectivity index (χ0) is 17.1. The number of rotatable bonds is 2. The van der Waals surface area contributed by atoms with Crippen LogP contribution in [0.2, 0.25) is 0 Å². The van der Waals surface area contributed by atoms with Crippen molar-refractivity contribution in [2.45, 2.75) is 38.7 Å². The summed E-state index contributed by atoms with van der Waals surface area (Å²) in [6, 6.07) is 5.62. The van der Waals surface area contributed by atoms with Gasteiger partial charge in [-0.3, -0.25) is 4.79 Å². The summed E-state index contributed by atoms with van der Waals surface area (Å²) < 4.78 is 16.2. The Morgan fingerprint density at radius 3 is 2.83 bits per heavy atom. The molecule has 2 heterocycles. The number of fused-ring (bicyclic) bond motifs is 2. The lowest BCUT2D eigenvalue weighted by atomic mass is 9.64. The Bertz CT molecular complexity index is 823. The van der Waals surface area contributed by atoms with Crippen LogP contribution in [0.5, 0.6) is 11.5 Å². The third-order valence-corrected chi connectivity index (χ3v) is 5.02. The second kappa shape index (κ2) is 5.08. The molecule has 1 aromatic carbocycles. The number of benzene rings is 1. The Morgan fingerprint density at radius 2 is 2.08 bits per heavy atom. The Balaban J connectivity index is 1.92. The minimum absolute atomic E-state index is 0.0612. The van der Waals surface area contributed by atoms with Crippen LogP contribution in [0.4, 0.5) is 0 Å². The molecular weight excluding hydrogens is 310 g/mol. The third-order valence-electron chi connectivity index (χ3n) is 5.02. The van der Waals surface area contributed by atoms with Gasteiger partial charge in [-0.1, -0.05) is 11.2 Å². The molecule has 0 fully saturated rings. The van der Waals surface area contributed by atoms with E-state index in [0.29, 0.717) is 29.4 Å². The molecule has 126 valence electrons. The van der Waals surface area contributed by atoms with Crippen LogP contribution < -0.4 is 9.47 Å². The summed E-state index contributed by atoms with van der Waals surface area (Å²) >= 11 is 0. The molecule has 0 unspecified atom stereocenters. The van der Waals surface area contributed by atoms with Gasteiger partial charge in [0.25, 0.3) is 0 Å². The number of hydrogen-bond donors (Lipinski definition) is 1. The van der Waals surface area contributed by atoms with Crippen LogP contribution in [0.25, 0.3) is 0 Å². The van der Waals surface area contributed by atoms with E-state index in [0.717, 1.165) is 11.1 Å². The van der Waals surface area contributed by atoms with Crippen molar-refractivity contribution in [3.05, 3.63) is 40.8 Å². The van der Waals surface area contributed by atoms with Crippen molar-refractivity contribution in [3.8, 4) is 11.5 Å². The molecule has 24 heavy (non-hydrogen) atoms. The fraction of sp³-hybridized carbons (Fsp3) is 0.444.